The minimum atomic E-state index is -5.13. The van der Waals surface area contributed by atoms with Gasteiger partial charge in [0, 0.05) is 50.5 Å². The first-order valence-electron chi connectivity index (χ1n) is 9.58. The van der Waals surface area contributed by atoms with E-state index >= 15 is 0 Å². The van der Waals surface area contributed by atoms with E-state index in [0.29, 0.717) is 43.7 Å². The summed E-state index contributed by atoms with van der Waals surface area (Å²) in [6.07, 6.45) is -3.92. The average Bonchev–Trinajstić information content (AvgIpc) is 3.07. The van der Waals surface area contributed by atoms with Crippen LogP contribution in [0.3, 0.4) is 0 Å². The topological polar surface area (TPSA) is 72.6 Å². The molecule has 1 atom stereocenters. The fourth-order valence-electron chi connectivity index (χ4n) is 3.73. The second kappa shape index (κ2) is 8.17. The van der Waals surface area contributed by atoms with Gasteiger partial charge in [-0.2, -0.15) is 18.3 Å². The molecule has 1 aliphatic heterocycles. The number of hydrogen-bond donors (Lipinski definition) is 1. The molecule has 12 heteroatoms. The Bertz CT molecular complexity index is 1160. The van der Waals surface area contributed by atoms with E-state index in [1.807, 2.05) is 4.90 Å². The third-order valence-corrected chi connectivity index (χ3v) is 5.27. The molecule has 1 aromatic carbocycles. The second-order valence-corrected chi connectivity index (χ2v) is 7.37. The number of rotatable bonds is 4. The fraction of sp³-hybridized carbons (Fsp3) is 0.400. The zero-order valence-electron chi connectivity index (χ0n) is 17.1. The van der Waals surface area contributed by atoms with Crippen molar-refractivity contribution in [2.45, 2.75) is 12.3 Å². The molecule has 0 amide bonds. The monoisotopic (exact) mass is 458 g/mol. The number of hydrogen-bond acceptors (Lipinski definition) is 6. The molecule has 0 saturated carbocycles. The van der Waals surface area contributed by atoms with Crippen LogP contribution in [0.25, 0.3) is 22.2 Å². The quantitative estimate of drug-likeness (QED) is 0.604. The molecule has 0 radical (unpaired) electrons. The van der Waals surface area contributed by atoms with Gasteiger partial charge >= 0.3 is 6.18 Å². The molecule has 32 heavy (non-hydrogen) atoms. The standard InChI is InChI=1S/C20H19F5N4O3/c1-28-14-6-15(29-3-4-32-10(8-29)9-31-2)26-7-12(14)18(27-28)11-5-13(20(23,24)25)17(22)19(30)16(11)21/h5-7,10,30H,3-4,8-9H2,1-2H3. The van der Waals surface area contributed by atoms with Gasteiger partial charge in [-0.25, -0.2) is 13.8 Å². The predicted octanol–water partition coefficient (Wildman–Crippen LogP) is 3.49. The van der Waals surface area contributed by atoms with E-state index in [2.05, 4.69) is 10.1 Å². The maximum absolute atomic E-state index is 14.6. The number of aryl methyl sites for hydroxylation is 1. The summed E-state index contributed by atoms with van der Waals surface area (Å²) in [5.41, 5.74) is -2.19. The van der Waals surface area contributed by atoms with E-state index < -0.39 is 34.7 Å². The number of pyridine rings is 1. The highest BCUT2D eigenvalue weighted by molar-refractivity contribution is 5.94. The number of aromatic hydroxyl groups is 1. The Labute approximate surface area is 179 Å². The van der Waals surface area contributed by atoms with Crippen molar-refractivity contribution in [1.29, 1.82) is 0 Å². The molecule has 1 fully saturated rings. The Balaban J connectivity index is 1.79. The SMILES string of the molecule is COCC1CN(c2cc3c(cn2)c(-c2cc(C(F)(F)F)c(F)c(O)c2F)nn3C)CCO1. The molecule has 172 valence electrons. The van der Waals surface area contributed by atoms with Gasteiger partial charge in [0.15, 0.2) is 17.4 Å². The lowest BCUT2D eigenvalue weighted by molar-refractivity contribution is -0.140. The Kier molecular flexibility index (Phi) is 5.67. The van der Waals surface area contributed by atoms with Crippen LogP contribution in [0.4, 0.5) is 27.8 Å². The Hall–Kier alpha value is -2.99. The lowest BCUT2D eigenvalue weighted by atomic mass is 10.0. The first-order valence-corrected chi connectivity index (χ1v) is 9.58. The van der Waals surface area contributed by atoms with Crippen LogP contribution < -0.4 is 4.90 Å². The van der Waals surface area contributed by atoms with E-state index in [1.165, 1.54) is 17.9 Å². The molecular weight excluding hydrogens is 439 g/mol. The van der Waals surface area contributed by atoms with Gasteiger partial charge < -0.3 is 19.5 Å². The van der Waals surface area contributed by atoms with E-state index in [9.17, 15) is 27.1 Å². The Morgan fingerprint density at radius 3 is 2.69 bits per heavy atom. The molecule has 0 spiro atoms. The minimum Gasteiger partial charge on any atom is -0.503 e. The largest absolute Gasteiger partial charge is 0.503 e. The van der Waals surface area contributed by atoms with Crippen molar-refractivity contribution in [1.82, 2.24) is 14.8 Å². The van der Waals surface area contributed by atoms with Gasteiger partial charge in [0.25, 0.3) is 0 Å². The smallest absolute Gasteiger partial charge is 0.419 e. The molecule has 1 N–H and O–H groups in total. The number of aromatic nitrogens is 3. The zero-order chi connectivity index (χ0) is 23.2. The van der Waals surface area contributed by atoms with Crippen LogP contribution in [0.1, 0.15) is 5.56 Å². The van der Waals surface area contributed by atoms with Crippen molar-refractivity contribution in [2.24, 2.45) is 7.05 Å². The summed E-state index contributed by atoms with van der Waals surface area (Å²) in [4.78, 5) is 6.32. The van der Waals surface area contributed by atoms with Gasteiger partial charge in [0.1, 0.15) is 11.5 Å². The summed E-state index contributed by atoms with van der Waals surface area (Å²) in [5, 5.41) is 14.0. The molecule has 2 aromatic heterocycles. The van der Waals surface area contributed by atoms with Crippen molar-refractivity contribution in [3.8, 4) is 17.0 Å². The predicted molar refractivity (Wildman–Crippen MR) is 104 cm³/mol. The summed E-state index contributed by atoms with van der Waals surface area (Å²) in [7, 11) is 3.11. The highest BCUT2D eigenvalue weighted by atomic mass is 19.4. The number of phenolic OH excluding ortho intramolecular Hbond substituents is 1. The van der Waals surface area contributed by atoms with Crippen molar-refractivity contribution in [3.05, 3.63) is 35.5 Å². The normalized spacial score (nSPS) is 17.3. The first-order chi connectivity index (χ1) is 15.1. The number of nitrogens with zero attached hydrogens (tertiary/aromatic N) is 4. The number of methoxy groups -OCH3 is 1. The third-order valence-electron chi connectivity index (χ3n) is 5.27. The molecule has 1 saturated heterocycles. The lowest BCUT2D eigenvalue weighted by Gasteiger charge is -2.33. The summed E-state index contributed by atoms with van der Waals surface area (Å²) in [5.74, 6) is -4.74. The molecule has 3 heterocycles. The van der Waals surface area contributed by atoms with Gasteiger partial charge in [0.05, 0.1) is 30.4 Å². The van der Waals surface area contributed by atoms with E-state index in [4.69, 9.17) is 9.47 Å². The summed E-state index contributed by atoms with van der Waals surface area (Å²) >= 11 is 0. The molecule has 7 nitrogen and oxygen atoms in total. The van der Waals surface area contributed by atoms with Crippen molar-refractivity contribution < 1.29 is 36.5 Å². The number of halogens is 5. The number of alkyl halides is 3. The minimum absolute atomic E-state index is 0.148. The third kappa shape index (κ3) is 3.84. The summed E-state index contributed by atoms with van der Waals surface area (Å²) < 4.78 is 80.1. The molecule has 0 bridgehead atoms. The average molecular weight is 458 g/mol. The van der Waals surface area contributed by atoms with Crippen molar-refractivity contribution in [3.63, 3.8) is 0 Å². The number of phenols is 1. The van der Waals surface area contributed by atoms with E-state index in [-0.39, 0.29) is 17.2 Å². The lowest BCUT2D eigenvalue weighted by Crippen LogP contribution is -2.44. The molecule has 0 aliphatic carbocycles. The molecule has 4 rings (SSSR count). The van der Waals surface area contributed by atoms with Gasteiger partial charge in [-0.1, -0.05) is 0 Å². The molecule has 1 aliphatic rings. The van der Waals surface area contributed by atoms with Gasteiger partial charge in [0.2, 0.25) is 0 Å². The summed E-state index contributed by atoms with van der Waals surface area (Å²) in [6.45, 7) is 1.96. The van der Waals surface area contributed by atoms with Gasteiger partial charge in [-0.3, -0.25) is 4.68 Å². The van der Waals surface area contributed by atoms with Crippen LogP contribution >= 0.6 is 0 Å². The van der Waals surface area contributed by atoms with Crippen molar-refractivity contribution in [2.75, 3.05) is 38.3 Å². The first kappa shape index (κ1) is 22.2. The number of morpholine rings is 1. The highest BCUT2D eigenvalue weighted by Gasteiger charge is 2.38. The molecule has 1 unspecified atom stereocenters. The molecule has 3 aromatic rings. The van der Waals surface area contributed by atoms with Gasteiger partial charge in [-0.05, 0) is 6.07 Å². The van der Waals surface area contributed by atoms with Gasteiger partial charge in [-0.15, -0.1) is 0 Å². The fourth-order valence-corrected chi connectivity index (χ4v) is 3.73. The number of fused-ring (bicyclic) bond motifs is 1. The van der Waals surface area contributed by atoms with Crippen LogP contribution in [0.2, 0.25) is 0 Å². The van der Waals surface area contributed by atoms with Crippen LogP contribution in [-0.2, 0) is 22.7 Å². The zero-order valence-corrected chi connectivity index (χ0v) is 17.1. The Morgan fingerprint density at radius 2 is 2.00 bits per heavy atom. The summed E-state index contributed by atoms with van der Waals surface area (Å²) in [6, 6.07) is 1.98. The van der Waals surface area contributed by atoms with E-state index in [0.717, 1.165) is 0 Å². The number of ether oxygens (including phenoxy) is 2. The highest BCUT2D eigenvalue weighted by Crippen LogP contribution is 2.41. The maximum atomic E-state index is 14.6. The van der Waals surface area contributed by atoms with Crippen LogP contribution in [0.5, 0.6) is 5.75 Å². The molecular formula is C20H19F5N4O3. The number of anilines is 1. The van der Waals surface area contributed by atoms with Crippen molar-refractivity contribution >= 4 is 16.7 Å². The maximum Gasteiger partial charge on any atom is 0.419 e. The van der Waals surface area contributed by atoms with Crippen LogP contribution in [-0.4, -0.2) is 59.4 Å². The Morgan fingerprint density at radius 1 is 1.25 bits per heavy atom. The number of benzene rings is 1. The van der Waals surface area contributed by atoms with E-state index in [1.54, 1.807) is 13.2 Å². The van der Waals surface area contributed by atoms with Crippen LogP contribution in [0, 0.1) is 11.6 Å². The van der Waals surface area contributed by atoms with Crippen LogP contribution in [0.15, 0.2) is 18.3 Å². The second-order valence-electron chi connectivity index (χ2n) is 7.37.